The Labute approximate surface area is 128 Å². The molecule has 0 heterocycles. The van der Waals surface area contributed by atoms with Crippen LogP contribution in [0.25, 0.3) is 0 Å². The van der Waals surface area contributed by atoms with Crippen molar-refractivity contribution in [3.8, 4) is 5.75 Å². The Hall–Kier alpha value is -1.07. The van der Waals surface area contributed by atoms with Gasteiger partial charge in [0.25, 0.3) is 0 Å². The Balaban J connectivity index is 1.77. The van der Waals surface area contributed by atoms with Gasteiger partial charge in [-0.3, -0.25) is 4.79 Å². The number of carbonyl (C=O) groups excluding carboxylic acids is 1. The van der Waals surface area contributed by atoms with Crippen molar-refractivity contribution in [2.45, 2.75) is 37.6 Å². The number of amides is 1. The predicted molar refractivity (Wildman–Crippen MR) is 82.7 cm³/mol. The summed E-state index contributed by atoms with van der Waals surface area (Å²) in [6, 6.07) is 7.62. The van der Waals surface area contributed by atoms with Crippen LogP contribution in [0.3, 0.4) is 0 Å². The normalized spacial score (nSPS) is 16.9. The Bertz CT molecular complexity index is 459. The van der Waals surface area contributed by atoms with Crippen LogP contribution in [-0.2, 0) is 4.79 Å². The molecule has 1 fully saturated rings. The Kier molecular flexibility index (Phi) is 5.43. The standard InChI is InChI=1S/C15H21BrN2O2/c16-12-5-1-2-6-13(12)20-10-7-14(19)18-15(11-17)8-3-4-9-15/h1-2,5-6H,3-4,7-11,17H2,(H,18,19). The fourth-order valence-corrected chi connectivity index (χ4v) is 3.00. The van der Waals surface area contributed by atoms with Crippen molar-refractivity contribution in [3.05, 3.63) is 28.7 Å². The number of ether oxygens (including phenoxy) is 1. The van der Waals surface area contributed by atoms with Gasteiger partial charge in [-0.05, 0) is 40.9 Å². The van der Waals surface area contributed by atoms with Crippen LogP contribution in [0.5, 0.6) is 5.75 Å². The number of nitrogens with two attached hydrogens (primary N) is 1. The molecular weight excluding hydrogens is 320 g/mol. The van der Waals surface area contributed by atoms with Crippen LogP contribution in [0.15, 0.2) is 28.7 Å². The predicted octanol–water partition coefficient (Wildman–Crippen LogP) is 2.61. The summed E-state index contributed by atoms with van der Waals surface area (Å²) in [7, 11) is 0. The first-order valence-corrected chi connectivity index (χ1v) is 7.83. The first-order chi connectivity index (χ1) is 9.65. The zero-order chi connectivity index (χ0) is 14.4. The second-order valence-corrected chi connectivity index (χ2v) is 6.12. The number of benzene rings is 1. The van der Waals surface area contributed by atoms with Crippen LogP contribution in [-0.4, -0.2) is 24.6 Å². The molecule has 20 heavy (non-hydrogen) atoms. The minimum Gasteiger partial charge on any atom is -0.492 e. The molecule has 0 radical (unpaired) electrons. The van der Waals surface area contributed by atoms with Gasteiger partial charge in [-0.1, -0.05) is 25.0 Å². The van der Waals surface area contributed by atoms with Gasteiger partial charge in [0.05, 0.1) is 23.0 Å². The van der Waals surface area contributed by atoms with Crippen LogP contribution in [0, 0.1) is 0 Å². The lowest BCUT2D eigenvalue weighted by Gasteiger charge is -2.28. The maximum Gasteiger partial charge on any atom is 0.223 e. The molecule has 1 amide bonds. The van der Waals surface area contributed by atoms with Crippen LogP contribution in [0.1, 0.15) is 32.1 Å². The monoisotopic (exact) mass is 340 g/mol. The molecule has 0 aromatic heterocycles. The first-order valence-electron chi connectivity index (χ1n) is 7.04. The summed E-state index contributed by atoms with van der Waals surface area (Å²) < 4.78 is 6.50. The molecule has 3 N–H and O–H groups in total. The molecule has 1 aliphatic carbocycles. The van der Waals surface area contributed by atoms with Crippen LogP contribution in [0.4, 0.5) is 0 Å². The summed E-state index contributed by atoms with van der Waals surface area (Å²) >= 11 is 3.41. The highest BCUT2D eigenvalue weighted by Crippen LogP contribution is 2.28. The molecule has 2 rings (SSSR count). The number of nitrogens with one attached hydrogen (secondary N) is 1. The van der Waals surface area contributed by atoms with Crippen molar-refractivity contribution >= 4 is 21.8 Å². The van der Waals surface area contributed by atoms with Gasteiger partial charge in [0.2, 0.25) is 5.91 Å². The zero-order valence-corrected chi connectivity index (χ0v) is 13.1. The molecular formula is C15H21BrN2O2. The summed E-state index contributed by atoms with van der Waals surface area (Å²) in [5.74, 6) is 0.777. The molecule has 0 saturated heterocycles. The van der Waals surface area contributed by atoms with E-state index in [0.29, 0.717) is 19.6 Å². The van der Waals surface area contributed by atoms with Crippen LogP contribution < -0.4 is 15.8 Å². The SMILES string of the molecule is NCC1(NC(=O)CCOc2ccccc2Br)CCCC1. The summed E-state index contributed by atoms with van der Waals surface area (Å²) in [6.45, 7) is 0.888. The number of halogens is 1. The quantitative estimate of drug-likeness (QED) is 0.836. The number of hydrogen-bond acceptors (Lipinski definition) is 3. The average Bonchev–Trinajstić information content (AvgIpc) is 2.90. The fraction of sp³-hybridized carbons (Fsp3) is 0.533. The van der Waals surface area contributed by atoms with E-state index in [1.54, 1.807) is 0 Å². The molecule has 0 atom stereocenters. The van der Waals surface area contributed by atoms with E-state index >= 15 is 0 Å². The first kappa shape index (κ1) is 15.3. The topological polar surface area (TPSA) is 64.3 Å². The number of carbonyl (C=O) groups is 1. The lowest BCUT2D eigenvalue weighted by molar-refractivity contribution is -0.123. The molecule has 0 unspecified atom stereocenters. The molecule has 1 aliphatic rings. The van der Waals surface area contributed by atoms with Crippen molar-refractivity contribution < 1.29 is 9.53 Å². The third-order valence-electron chi connectivity index (χ3n) is 3.78. The summed E-state index contributed by atoms with van der Waals surface area (Å²) in [6.07, 6.45) is 4.61. The average molecular weight is 341 g/mol. The second-order valence-electron chi connectivity index (χ2n) is 5.27. The van der Waals surface area contributed by atoms with E-state index in [4.69, 9.17) is 10.5 Å². The number of hydrogen-bond donors (Lipinski definition) is 2. The maximum absolute atomic E-state index is 12.0. The van der Waals surface area contributed by atoms with Gasteiger partial charge in [-0.25, -0.2) is 0 Å². The van der Waals surface area contributed by atoms with Gasteiger partial charge in [0, 0.05) is 6.54 Å². The Morgan fingerprint density at radius 2 is 2.05 bits per heavy atom. The van der Waals surface area contributed by atoms with Gasteiger partial charge in [-0.15, -0.1) is 0 Å². The minimum atomic E-state index is -0.176. The number of rotatable bonds is 6. The van der Waals surface area contributed by atoms with E-state index in [2.05, 4.69) is 21.2 Å². The molecule has 1 saturated carbocycles. The Morgan fingerprint density at radius 3 is 2.70 bits per heavy atom. The largest absolute Gasteiger partial charge is 0.492 e. The highest BCUT2D eigenvalue weighted by Gasteiger charge is 2.33. The molecule has 110 valence electrons. The number of para-hydroxylation sites is 1. The fourth-order valence-electron chi connectivity index (χ4n) is 2.61. The minimum absolute atomic E-state index is 0.0180. The smallest absolute Gasteiger partial charge is 0.223 e. The van der Waals surface area contributed by atoms with E-state index in [0.717, 1.165) is 35.9 Å². The highest BCUT2D eigenvalue weighted by molar-refractivity contribution is 9.10. The molecule has 0 spiro atoms. The molecule has 4 nitrogen and oxygen atoms in total. The van der Waals surface area contributed by atoms with Crippen molar-refractivity contribution in [1.29, 1.82) is 0 Å². The van der Waals surface area contributed by atoms with Crippen molar-refractivity contribution in [2.24, 2.45) is 5.73 Å². The molecule has 0 bridgehead atoms. The lowest BCUT2D eigenvalue weighted by Crippen LogP contribution is -2.51. The maximum atomic E-state index is 12.0. The summed E-state index contributed by atoms with van der Waals surface area (Å²) in [5, 5.41) is 3.09. The lowest BCUT2D eigenvalue weighted by atomic mass is 9.98. The van der Waals surface area contributed by atoms with E-state index in [1.807, 2.05) is 24.3 Å². The van der Waals surface area contributed by atoms with Gasteiger partial charge < -0.3 is 15.8 Å². The van der Waals surface area contributed by atoms with Crippen molar-refractivity contribution in [3.63, 3.8) is 0 Å². The Morgan fingerprint density at radius 1 is 1.35 bits per heavy atom. The summed E-state index contributed by atoms with van der Waals surface area (Å²) in [5.41, 5.74) is 5.63. The van der Waals surface area contributed by atoms with Gasteiger partial charge >= 0.3 is 0 Å². The molecule has 1 aromatic rings. The van der Waals surface area contributed by atoms with Crippen molar-refractivity contribution in [1.82, 2.24) is 5.32 Å². The third-order valence-corrected chi connectivity index (χ3v) is 4.43. The highest BCUT2D eigenvalue weighted by atomic mass is 79.9. The van der Waals surface area contributed by atoms with Gasteiger partial charge in [-0.2, -0.15) is 0 Å². The molecule has 0 aliphatic heterocycles. The second kappa shape index (κ2) is 7.09. The van der Waals surface area contributed by atoms with Crippen molar-refractivity contribution in [2.75, 3.05) is 13.2 Å². The summed E-state index contributed by atoms with van der Waals surface area (Å²) in [4.78, 5) is 12.0. The van der Waals surface area contributed by atoms with E-state index in [9.17, 15) is 4.79 Å². The van der Waals surface area contributed by atoms with Gasteiger partial charge in [0.15, 0.2) is 0 Å². The van der Waals surface area contributed by atoms with Gasteiger partial charge in [0.1, 0.15) is 5.75 Å². The van der Waals surface area contributed by atoms with E-state index in [-0.39, 0.29) is 11.4 Å². The van der Waals surface area contributed by atoms with E-state index < -0.39 is 0 Å². The van der Waals surface area contributed by atoms with Crippen LogP contribution >= 0.6 is 15.9 Å². The van der Waals surface area contributed by atoms with Crippen LogP contribution in [0.2, 0.25) is 0 Å². The molecule has 1 aromatic carbocycles. The molecule has 5 heteroatoms. The zero-order valence-electron chi connectivity index (χ0n) is 11.5. The third kappa shape index (κ3) is 3.96. The van der Waals surface area contributed by atoms with E-state index in [1.165, 1.54) is 0 Å².